The number of hydrogen-bond acceptors (Lipinski definition) is 3. The molecule has 0 aromatic carbocycles. The Morgan fingerprint density at radius 1 is 1.27 bits per heavy atom. The first-order valence-corrected chi connectivity index (χ1v) is 11.1. The molecule has 0 saturated carbocycles. The first kappa shape index (κ1) is 20.6. The number of pyridine rings is 1. The van der Waals surface area contributed by atoms with Crippen molar-refractivity contribution in [3.8, 4) is 0 Å². The van der Waals surface area contributed by atoms with Gasteiger partial charge in [-0.25, -0.2) is 0 Å². The average Bonchev–Trinajstić information content (AvgIpc) is 3.48. The van der Waals surface area contributed by atoms with Crippen LogP contribution in [0.1, 0.15) is 62.0 Å². The third kappa shape index (κ3) is 3.87. The number of aromatic nitrogens is 2. The third-order valence-electron chi connectivity index (χ3n) is 6.87. The molecule has 160 valence electrons. The average molecular weight is 409 g/mol. The number of carbonyl (C=O) groups is 2. The van der Waals surface area contributed by atoms with Gasteiger partial charge in [-0.1, -0.05) is 13.8 Å². The van der Waals surface area contributed by atoms with Crippen LogP contribution in [0.3, 0.4) is 0 Å². The summed E-state index contributed by atoms with van der Waals surface area (Å²) in [6, 6.07) is 7.78. The second kappa shape index (κ2) is 8.62. The van der Waals surface area contributed by atoms with Gasteiger partial charge in [0.2, 0.25) is 5.91 Å². The fraction of sp³-hybridized carbons (Fsp3) is 0.542. The molecule has 2 aliphatic rings. The topological polar surface area (TPSA) is 78.1 Å². The summed E-state index contributed by atoms with van der Waals surface area (Å²) in [6.07, 6.45) is 10.6. The molecule has 2 saturated heterocycles. The van der Waals surface area contributed by atoms with Crippen molar-refractivity contribution in [2.75, 3.05) is 6.54 Å². The number of rotatable bonds is 8. The summed E-state index contributed by atoms with van der Waals surface area (Å²) in [5.41, 5.74) is 1.30. The number of hydrogen-bond donors (Lipinski definition) is 2. The van der Waals surface area contributed by atoms with Crippen molar-refractivity contribution < 1.29 is 9.59 Å². The smallest absolute Gasteiger partial charge is 0.270 e. The third-order valence-corrected chi connectivity index (χ3v) is 6.87. The highest BCUT2D eigenvalue weighted by atomic mass is 16.2. The lowest BCUT2D eigenvalue weighted by molar-refractivity contribution is -0.133. The first-order valence-electron chi connectivity index (χ1n) is 11.1. The molecule has 2 bridgehead atoms. The Kier molecular flexibility index (Phi) is 5.93. The zero-order valence-corrected chi connectivity index (χ0v) is 17.9. The minimum Gasteiger partial charge on any atom is -0.357 e. The molecule has 2 N–H and O–H groups in total. The second-order valence-corrected chi connectivity index (χ2v) is 9.20. The molecule has 2 amide bonds. The van der Waals surface area contributed by atoms with E-state index in [9.17, 15) is 9.59 Å². The summed E-state index contributed by atoms with van der Waals surface area (Å²) in [4.78, 5) is 35.8. The van der Waals surface area contributed by atoms with Crippen molar-refractivity contribution in [1.29, 1.82) is 0 Å². The summed E-state index contributed by atoms with van der Waals surface area (Å²) in [6.45, 7) is 5.00. The summed E-state index contributed by atoms with van der Waals surface area (Å²) in [5, 5.41) is 3.21. The Bertz CT molecular complexity index is 865. The van der Waals surface area contributed by atoms with Gasteiger partial charge in [0.25, 0.3) is 5.91 Å². The fourth-order valence-electron chi connectivity index (χ4n) is 5.31. The van der Waals surface area contributed by atoms with Gasteiger partial charge in [-0.15, -0.1) is 0 Å². The van der Waals surface area contributed by atoms with Gasteiger partial charge in [0.05, 0.1) is 5.41 Å². The quantitative estimate of drug-likeness (QED) is 0.701. The summed E-state index contributed by atoms with van der Waals surface area (Å²) >= 11 is 0. The molecule has 4 rings (SSSR count). The second-order valence-electron chi connectivity index (χ2n) is 9.20. The van der Waals surface area contributed by atoms with Crippen LogP contribution in [-0.2, 0) is 11.2 Å². The molecule has 2 fully saturated rings. The highest BCUT2D eigenvalue weighted by Gasteiger charge is 2.60. The molecule has 3 atom stereocenters. The Labute approximate surface area is 178 Å². The van der Waals surface area contributed by atoms with E-state index >= 15 is 0 Å². The molecule has 2 aromatic rings. The van der Waals surface area contributed by atoms with E-state index in [1.807, 2.05) is 29.2 Å². The van der Waals surface area contributed by atoms with Crippen molar-refractivity contribution in [2.24, 2.45) is 11.3 Å². The summed E-state index contributed by atoms with van der Waals surface area (Å²) in [5.74, 6) is 0.676. The van der Waals surface area contributed by atoms with E-state index in [0.717, 1.165) is 44.1 Å². The van der Waals surface area contributed by atoms with Crippen LogP contribution < -0.4 is 5.32 Å². The van der Waals surface area contributed by atoms with Crippen LogP contribution in [0, 0.1) is 11.3 Å². The Morgan fingerprint density at radius 3 is 2.77 bits per heavy atom. The van der Waals surface area contributed by atoms with Crippen molar-refractivity contribution >= 4 is 11.8 Å². The van der Waals surface area contributed by atoms with E-state index in [4.69, 9.17) is 0 Å². The van der Waals surface area contributed by atoms with E-state index in [1.165, 1.54) is 0 Å². The van der Waals surface area contributed by atoms with E-state index in [-0.39, 0.29) is 23.9 Å². The van der Waals surface area contributed by atoms with Crippen LogP contribution in [0.4, 0.5) is 0 Å². The van der Waals surface area contributed by atoms with Crippen molar-refractivity contribution in [3.05, 3.63) is 54.1 Å². The number of amides is 2. The largest absolute Gasteiger partial charge is 0.357 e. The summed E-state index contributed by atoms with van der Waals surface area (Å²) < 4.78 is 0. The van der Waals surface area contributed by atoms with Crippen molar-refractivity contribution in [3.63, 3.8) is 0 Å². The van der Waals surface area contributed by atoms with Gasteiger partial charge >= 0.3 is 0 Å². The van der Waals surface area contributed by atoms with Crippen molar-refractivity contribution in [2.45, 2.75) is 64.5 Å². The van der Waals surface area contributed by atoms with Crippen LogP contribution >= 0.6 is 0 Å². The highest BCUT2D eigenvalue weighted by Crippen LogP contribution is 2.53. The zero-order valence-electron chi connectivity index (χ0n) is 17.9. The summed E-state index contributed by atoms with van der Waals surface area (Å²) in [7, 11) is 0. The number of fused-ring (bicyclic) bond motifs is 2. The van der Waals surface area contributed by atoms with Crippen LogP contribution in [0.2, 0.25) is 0 Å². The Hall–Kier alpha value is -2.63. The normalized spacial score (nSPS) is 25.1. The molecule has 0 radical (unpaired) electrons. The lowest BCUT2D eigenvalue weighted by Gasteiger charge is -2.36. The van der Waals surface area contributed by atoms with Gasteiger partial charge < -0.3 is 15.2 Å². The molecular weight excluding hydrogens is 376 g/mol. The van der Waals surface area contributed by atoms with Crippen LogP contribution in [-0.4, -0.2) is 45.3 Å². The lowest BCUT2D eigenvalue weighted by atomic mass is 9.69. The number of nitrogens with zero attached hydrogens (tertiary/aromatic N) is 2. The van der Waals surface area contributed by atoms with Gasteiger partial charge in [0.15, 0.2) is 0 Å². The molecule has 4 heterocycles. The molecule has 30 heavy (non-hydrogen) atoms. The maximum absolute atomic E-state index is 13.5. The molecular formula is C24H32N4O2. The molecule has 2 aliphatic heterocycles. The van der Waals surface area contributed by atoms with Gasteiger partial charge in [-0.2, -0.15) is 0 Å². The highest BCUT2D eigenvalue weighted by molar-refractivity contribution is 5.95. The minimum absolute atomic E-state index is 0.0158. The standard InChI is InChI=1S/C24H32N4O2/c1-17(2)7-11-24(23(30)27-15-10-18-8-13-25-14-9-18)16-19-5-6-21(24)28(19)22(29)20-4-3-12-26-20/h3-4,8-9,12-14,17,19,21,26H,5-7,10-11,15-16H2,1-2H3,(H,27,30)/t19-,21+,24+/m1/s1. The number of carbonyl (C=O) groups excluding carboxylic acids is 2. The minimum atomic E-state index is -0.478. The molecule has 0 spiro atoms. The maximum atomic E-state index is 13.5. The van der Waals surface area contributed by atoms with Gasteiger partial charge in [0.1, 0.15) is 5.69 Å². The maximum Gasteiger partial charge on any atom is 0.270 e. The van der Waals surface area contributed by atoms with E-state index in [0.29, 0.717) is 18.2 Å². The van der Waals surface area contributed by atoms with Gasteiger partial charge in [-0.3, -0.25) is 14.6 Å². The van der Waals surface area contributed by atoms with Crippen LogP contribution in [0.5, 0.6) is 0 Å². The predicted molar refractivity (Wildman–Crippen MR) is 116 cm³/mol. The van der Waals surface area contributed by atoms with Gasteiger partial charge in [-0.05, 0) is 74.3 Å². The predicted octanol–water partition coefficient (Wildman–Crippen LogP) is 3.57. The molecule has 6 nitrogen and oxygen atoms in total. The molecule has 2 aromatic heterocycles. The van der Waals surface area contributed by atoms with Crippen LogP contribution in [0.25, 0.3) is 0 Å². The van der Waals surface area contributed by atoms with E-state index in [1.54, 1.807) is 18.6 Å². The van der Waals surface area contributed by atoms with E-state index < -0.39 is 5.41 Å². The number of aromatic amines is 1. The van der Waals surface area contributed by atoms with Crippen LogP contribution in [0.15, 0.2) is 42.9 Å². The molecule has 0 aliphatic carbocycles. The van der Waals surface area contributed by atoms with Gasteiger partial charge in [0, 0.05) is 37.2 Å². The first-order chi connectivity index (χ1) is 14.5. The monoisotopic (exact) mass is 408 g/mol. The SMILES string of the molecule is CC(C)CC[C@]1(C(=O)NCCc2ccncc2)C[C@H]2CC[C@@H]1N2C(=O)c1ccc[nH]1. The molecule has 0 unspecified atom stereocenters. The zero-order chi connectivity index (χ0) is 21.1. The lowest BCUT2D eigenvalue weighted by Crippen LogP contribution is -2.50. The molecule has 6 heteroatoms. The van der Waals surface area contributed by atoms with E-state index in [2.05, 4.69) is 29.1 Å². The Balaban J connectivity index is 1.50. The van der Waals surface area contributed by atoms with Crippen molar-refractivity contribution in [1.82, 2.24) is 20.2 Å². The fourth-order valence-corrected chi connectivity index (χ4v) is 5.31. The number of nitrogens with one attached hydrogen (secondary N) is 2. The Morgan fingerprint density at radius 2 is 2.07 bits per heavy atom. The number of H-pyrrole nitrogens is 1.